The average Bonchev–Trinajstić information content (AvgIpc) is 2.76. The number of hydrogen-bond acceptors (Lipinski definition) is 3. The molecule has 0 saturated carbocycles. The summed E-state index contributed by atoms with van der Waals surface area (Å²) in [6, 6.07) is 1.67. The van der Waals surface area contributed by atoms with Crippen molar-refractivity contribution in [3.8, 4) is 0 Å². The minimum atomic E-state index is -0.850. The van der Waals surface area contributed by atoms with Crippen LogP contribution in [0.25, 0.3) is 0 Å². The van der Waals surface area contributed by atoms with Crippen molar-refractivity contribution in [1.82, 2.24) is 10.6 Å². The third-order valence-electron chi connectivity index (χ3n) is 3.24. The van der Waals surface area contributed by atoms with E-state index in [1.807, 2.05) is 6.07 Å². The van der Waals surface area contributed by atoms with Gasteiger partial charge in [-0.1, -0.05) is 11.6 Å². The molecule has 110 valence electrons. The van der Waals surface area contributed by atoms with Crippen molar-refractivity contribution < 1.29 is 14.7 Å². The summed E-state index contributed by atoms with van der Waals surface area (Å²) in [7, 11) is 0. The topological polar surface area (TPSA) is 78.4 Å². The molecular weight excluding hydrogens is 300 g/mol. The van der Waals surface area contributed by atoms with Crippen LogP contribution in [0.5, 0.6) is 0 Å². The molecule has 1 aromatic rings. The van der Waals surface area contributed by atoms with E-state index in [0.717, 1.165) is 29.2 Å². The monoisotopic (exact) mass is 316 g/mol. The van der Waals surface area contributed by atoms with Gasteiger partial charge in [-0.25, -0.2) is 4.79 Å². The molecule has 0 bridgehead atoms. The van der Waals surface area contributed by atoms with Gasteiger partial charge >= 0.3 is 12.0 Å². The largest absolute Gasteiger partial charge is 0.481 e. The molecule has 1 aliphatic carbocycles. The lowest BCUT2D eigenvalue weighted by Gasteiger charge is -2.23. The molecule has 20 heavy (non-hydrogen) atoms. The van der Waals surface area contributed by atoms with E-state index in [2.05, 4.69) is 10.6 Å². The summed E-state index contributed by atoms with van der Waals surface area (Å²) in [6.07, 6.45) is 3.46. The number of urea groups is 1. The van der Waals surface area contributed by atoms with Gasteiger partial charge in [0, 0.05) is 17.8 Å². The maximum absolute atomic E-state index is 11.8. The Bertz CT molecular complexity index is 504. The number of amides is 2. The van der Waals surface area contributed by atoms with Crippen molar-refractivity contribution in [2.24, 2.45) is 0 Å². The fourth-order valence-electron chi connectivity index (χ4n) is 2.32. The minimum Gasteiger partial charge on any atom is -0.481 e. The molecule has 2 amide bonds. The van der Waals surface area contributed by atoms with Crippen molar-refractivity contribution in [2.75, 3.05) is 6.54 Å². The molecule has 0 fully saturated rings. The second-order valence-corrected chi connectivity index (χ2v) is 6.54. The third kappa shape index (κ3) is 4.11. The molecule has 5 nitrogen and oxygen atoms in total. The number of aliphatic carboxylic acids is 1. The van der Waals surface area contributed by atoms with Gasteiger partial charge in [-0.2, -0.15) is 0 Å². The van der Waals surface area contributed by atoms with E-state index in [-0.39, 0.29) is 18.5 Å². The number of hydrogen-bond donors (Lipinski definition) is 3. The van der Waals surface area contributed by atoms with Gasteiger partial charge in [0.1, 0.15) is 0 Å². The van der Waals surface area contributed by atoms with Gasteiger partial charge < -0.3 is 15.7 Å². The lowest BCUT2D eigenvalue weighted by atomic mass is 9.94. The molecule has 1 aliphatic rings. The lowest BCUT2D eigenvalue weighted by Crippen LogP contribution is -2.39. The van der Waals surface area contributed by atoms with Gasteiger partial charge in [-0.15, -0.1) is 11.3 Å². The van der Waals surface area contributed by atoms with Crippen LogP contribution in [0.15, 0.2) is 6.07 Å². The van der Waals surface area contributed by atoms with Crippen LogP contribution in [0.3, 0.4) is 0 Å². The number of fused-ring (bicyclic) bond motifs is 1. The van der Waals surface area contributed by atoms with Gasteiger partial charge in [0.2, 0.25) is 0 Å². The van der Waals surface area contributed by atoms with Crippen LogP contribution >= 0.6 is 22.9 Å². The quantitative estimate of drug-likeness (QED) is 0.731. The summed E-state index contributed by atoms with van der Waals surface area (Å²) >= 11 is 7.59. The van der Waals surface area contributed by atoms with E-state index in [1.165, 1.54) is 4.88 Å². The number of carboxylic acids is 1. The third-order valence-corrected chi connectivity index (χ3v) is 4.58. The Morgan fingerprint density at radius 1 is 1.50 bits per heavy atom. The zero-order chi connectivity index (χ0) is 14.5. The average molecular weight is 317 g/mol. The van der Waals surface area contributed by atoms with E-state index in [0.29, 0.717) is 13.0 Å². The predicted molar refractivity (Wildman–Crippen MR) is 78.4 cm³/mol. The van der Waals surface area contributed by atoms with Gasteiger partial charge in [0.05, 0.1) is 10.4 Å². The van der Waals surface area contributed by atoms with Crippen LogP contribution in [0.4, 0.5) is 4.79 Å². The van der Waals surface area contributed by atoms with Crippen LogP contribution in [0, 0.1) is 0 Å². The molecule has 1 aromatic heterocycles. The second-order valence-electron chi connectivity index (χ2n) is 4.77. The predicted octanol–water partition coefficient (Wildman–Crippen LogP) is 2.94. The van der Waals surface area contributed by atoms with Crippen molar-refractivity contribution in [3.63, 3.8) is 0 Å². The summed E-state index contributed by atoms with van der Waals surface area (Å²) in [5, 5.41) is 14.1. The van der Waals surface area contributed by atoms with Crippen molar-refractivity contribution in [3.05, 3.63) is 20.8 Å². The molecule has 0 spiro atoms. The summed E-state index contributed by atoms with van der Waals surface area (Å²) in [5.74, 6) is -0.850. The van der Waals surface area contributed by atoms with Crippen molar-refractivity contribution >= 4 is 34.9 Å². The van der Waals surface area contributed by atoms with Gasteiger partial charge in [-0.3, -0.25) is 4.79 Å². The molecular formula is C13H17ClN2O3S. The Hall–Kier alpha value is -1.27. The fraction of sp³-hybridized carbons (Fsp3) is 0.538. The Morgan fingerprint density at radius 3 is 3.05 bits per heavy atom. The Morgan fingerprint density at radius 2 is 2.30 bits per heavy atom. The number of halogens is 1. The van der Waals surface area contributed by atoms with E-state index < -0.39 is 5.97 Å². The maximum atomic E-state index is 11.8. The van der Waals surface area contributed by atoms with E-state index in [9.17, 15) is 9.59 Å². The Balaban J connectivity index is 1.81. The minimum absolute atomic E-state index is 0.00183. The summed E-state index contributed by atoms with van der Waals surface area (Å²) in [6.45, 7) is 0.363. The first kappa shape index (κ1) is 15.1. The number of carbonyl (C=O) groups is 2. The van der Waals surface area contributed by atoms with E-state index >= 15 is 0 Å². The second kappa shape index (κ2) is 6.95. The molecule has 0 saturated heterocycles. The standard InChI is InChI=1S/C13H17ClN2O3S/c14-11-7-8-9(3-1-4-10(8)20-11)16-13(19)15-6-2-5-12(17)18/h7,9H,1-6H2,(H,17,18)(H2,15,16,19). The van der Waals surface area contributed by atoms with Crippen LogP contribution in [0.2, 0.25) is 4.34 Å². The molecule has 1 heterocycles. The lowest BCUT2D eigenvalue weighted by molar-refractivity contribution is -0.137. The molecule has 7 heteroatoms. The summed E-state index contributed by atoms with van der Waals surface area (Å²) < 4.78 is 0.755. The summed E-state index contributed by atoms with van der Waals surface area (Å²) in [4.78, 5) is 23.4. The highest BCUT2D eigenvalue weighted by Gasteiger charge is 2.23. The first-order chi connectivity index (χ1) is 9.56. The number of nitrogens with one attached hydrogen (secondary N) is 2. The fourth-order valence-corrected chi connectivity index (χ4v) is 3.71. The molecule has 0 aromatic carbocycles. The number of carbonyl (C=O) groups excluding carboxylic acids is 1. The van der Waals surface area contributed by atoms with Crippen molar-refractivity contribution in [1.29, 1.82) is 0 Å². The Kier molecular flexibility index (Phi) is 5.25. The first-order valence-corrected chi connectivity index (χ1v) is 7.80. The zero-order valence-electron chi connectivity index (χ0n) is 10.9. The van der Waals surface area contributed by atoms with Gasteiger partial charge in [-0.05, 0) is 37.3 Å². The van der Waals surface area contributed by atoms with E-state index in [4.69, 9.17) is 16.7 Å². The van der Waals surface area contributed by atoms with Gasteiger partial charge in [0.25, 0.3) is 0 Å². The molecule has 3 N–H and O–H groups in total. The van der Waals surface area contributed by atoms with Crippen LogP contribution < -0.4 is 10.6 Å². The number of aryl methyl sites for hydroxylation is 1. The highest BCUT2D eigenvalue weighted by Crippen LogP contribution is 2.37. The number of carboxylic acid groups (broad SMARTS) is 1. The zero-order valence-corrected chi connectivity index (χ0v) is 12.5. The van der Waals surface area contributed by atoms with Crippen LogP contribution in [-0.2, 0) is 11.2 Å². The van der Waals surface area contributed by atoms with E-state index in [1.54, 1.807) is 11.3 Å². The first-order valence-electron chi connectivity index (χ1n) is 6.60. The smallest absolute Gasteiger partial charge is 0.315 e. The molecule has 2 rings (SSSR count). The summed E-state index contributed by atoms with van der Waals surface area (Å²) in [5.41, 5.74) is 1.12. The van der Waals surface area contributed by atoms with Crippen LogP contribution in [0.1, 0.15) is 42.2 Å². The molecule has 1 unspecified atom stereocenters. The van der Waals surface area contributed by atoms with Gasteiger partial charge in [0.15, 0.2) is 0 Å². The molecule has 0 radical (unpaired) electrons. The molecule has 0 aliphatic heterocycles. The SMILES string of the molecule is O=C(O)CCCNC(=O)NC1CCCc2sc(Cl)cc21. The number of thiophene rings is 1. The number of rotatable bonds is 5. The highest BCUT2D eigenvalue weighted by atomic mass is 35.5. The van der Waals surface area contributed by atoms with Crippen LogP contribution in [-0.4, -0.2) is 23.7 Å². The Labute approximate surface area is 126 Å². The van der Waals surface area contributed by atoms with Crippen molar-refractivity contribution in [2.45, 2.75) is 38.1 Å². The normalized spacial score (nSPS) is 17.4. The molecule has 1 atom stereocenters. The highest BCUT2D eigenvalue weighted by molar-refractivity contribution is 7.16. The maximum Gasteiger partial charge on any atom is 0.315 e.